The van der Waals surface area contributed by atoms with E-state index in [1.54, 1.807) is 30.3 Å². The van der Waals surface area contributed by atoms with Crippen molar-refractivity contribution in [1.82, 2.24) is 9.66 Å². The minimum absolute atomic E-state index is 0.291. The Balaban J connectivity index is 2.43. The summed E-state index contributed by atoms with van der Waals surface area (Å²) in [6, 6.07) is 16.3. The lowest BCUT2D eigenvalue weighted by molar-refractivity contribution is 0.626. The Morgan fingerprint density at radius 2 is 1.65 bits per heavy atom. The first-order valence-electron chi connectivity index (χ1n) is 8.60. The molecule has 1 aromatic heterocycles. The normalized spacial score (nSPS) is 14.2. The Morgan fingerprint density at radius 1 is 1.04 bits per heavy atom. The molecule has 0 aliphatic rings. The van der Waals surface area contributed by atoms with Gasteiger partial charge in [0.2, 0.25) is 0 Å². The zero-order valence-corrected chi connectivity index (χ0v) is 16.3. The zero-order chi connectivity index (χ0) is 18.9. The highest BCUT2D eigenvalue weighted by atomic mass is 32.2. The third-order valence-corrected chi connectivity index (χ3v) is 7.19. The monoisotopic (exact) mass is 369 g/mol. The van der Waals surface area contributed by atoms with E-state index < -0.39 is 14.5 Å². The molecule has 26 heavy (non-hydrogen) atoms. The molecule has 3 rings (SSSR count). The van der Waals surface area contributed by atoms with E-state index >= 15 is 0 Å². The summed E-state index contributed by atoms with van der Waals surface area (Å²) in [5.74, 6) is 0.501. The molecule has 0 saturated heterocycles. The first kappa shape index (κ1) is 18.3. The van der Waals surface area contributed by atoms with Crippen molar-refractivity contribution < 1.29 is 4.21 Å². The summed E-state index contributed by atoms with van der Waals surface area (Å²) in [6.45, 7) is 7.52. The Bertz CT molecular complexity index is 1120. The van der Waals surface area contributed by atoms with Gasteiger partial charge in [0, 0.05) is 11.3 Å². The number of para-hydroxylation sites is 1. The molecule has 0 radical (unpaired) electrons. The quantitative estimate of drug-likeness (QED) is 0.700. The Morgan fingerprint density at radius 3 is 2.27 bits per heavy atom. The van der Waals surface area contributed by atoms with Crippen LogP contribution in [-0.4, -0.2) is 18.6 Å². The maximum atomic E-state index is 14.0. The van der Waals surface area contributed by atoms with E-state index in [9.17, 15) is 9.00 Å². The molecule has 1 heterocycles. The molecular formula is C20H23N3O2S. The molecule has 2 aromatic carbocycles. The van der Waals surface area contributed by atoms with Gasteiger partial charge in [0.05, 0.1) is 15.6 Å². The highest BCUT2D eigenvalue weighted by Crippen LogP contribution is 2.28. The van der Waals surface area contributed by atoms with Crippen LogP contribution in [0.5, 0.6) is 0 Å². The minimum atomic E-state index is -2.91. The van der Waals surface area contributed by atoms with E-state index in [0.29, 0.717) is 28.0 Å². The summed E-state index contributed by atoms with van der Waals surface area (Å²) < 4.78 is 19.1. The van der Waals surface area contributed by atoms with Crippen LogP contribution in [-0.2, 0) is 16.1 Å². The van der Waals surface area contributed by atoms with Crippen LogP contribution in [0.15, 0.2) is 68.8 Å². The van der Waals surface area contributed by atoms with Gasteiger partial charge in [-0.15, -0.1) is 4.47 Å². The van der Waals surface area contributed by atoms with Gasteiger partial charge in [-0.1, -0.05) is 37.3 Å². The molecule has 0 aliphatic carbocycles. The van der Waals surface area contributed by atoms with E-state index in [0.717, 1.165) is 0 Å². The fraction of sp³-hybridized carbons (Fsp3) is 0.300. The number of hydrogen-bond donors (Lipinski definition) is 0. The third kappa shape index (κ3) is 3.05. The number of rotatable bonds is 3. The summed E-state index contributed by atoms with van der Waals surface area (Å²) in [5, 5.41) is 0.470. The lowest BCUT2D eigenvalue weighted by Crippen LogP contribution is -2.31. The van der Waals surface area contributed by atoms with Gasteiger partial charge in [-0.25, -0.2) is 9.19 Å². The number of fused-ring (bicyclic) bond motifs is 1. The summed E-state index contributed by atoms with van der Waals surface area (Å²) in [7, 11) is -2.91. The van der Waals surface area contributed by atoms with Crippen molar-refractivity contribution in [1.29, 1.82) is 0 Å². The number of hydrogen-bond acceptors (Lipinski definition) is 4. The standard InChI is InChI=1S/C20H23N3O2S/c1-5-18-21-17-14-10-9-13-16(17)19(24)23(18)22-26(25,20(2,3)4)15-11-7-6-8-12-15/h6-14H,5H2,1-4H3. The van der Waals surface area contributed by atoms with E-state index in [-0.39, 0.29) is 5.56 Å². The highest BCUT2D eigenvalue weighted by Gasteiger charge is 2.30. The van der Waals surface area contributed by atoms with Crippen molar-refractivity contribution in [2.45, 2.75) is 43.8 Å². The van der Waals surface area contributed by atoms with Crippen molar-refractivity contribution in [3.8, 4) is 0 Å². The van der Waals surface area contributed by atoms with Gasteiger partial charge in [-0.05, 0) is 45.0 Å². The lowest BCUT2D eigenvalue weighted by atomic mass is 10.2. The van der Waals surface area contributed by atoms with Crippen LogP contribution in [0.3, 0.4) is 0 Å². The number of benzene rings is 2. The smallest absolute Gasteiger partial charge is 0.267 e. The first-order valence-corrected chi connectivity index (χ1v) is 10.1. The van der Waals surface area contributed by atoms with Crippen LogP contribution in [0, 0.1) is 0 Å². The maximum absolute atomic E-state index is 14.0. The van der Waals surface area contributed by atoms with Crippen LogP contribution < -0.4 is 5.56 Å². The largest absolute Gasteiger partial charge is 0.282 e. The Labute approximate surface area is 153 Å². The van der Waals surface area contributed by atoms with Crippen LogP contribution in [0.4, 0.5) is 0 Å². The van der Waals surface area contributed by atoms with Gasteiger partial charge in [-0.2, -0.15) is 4.68 Å². The second kappa shape index (κ2) is 6.68. The van der Waals surface area contributed by atoms with Crippen LogP contribution in [0.2, 0.25) is 0 Å². The molecule has 0 fully saturated rings. The summed E-state index contributed by atoms with van der Waals surface area (Å²) in [4.78, 5) is 18.2. The summed E-state index contributed by atoms with van der Waals surface area (Å²) in [5.41, 5.74) is 0.336. The topological polar surface area (TPSA) is 64.3 Å². The van der Waals surface area contributed by atoms with E-state index in [2.05, 4.69) is 9.46 Å². The fourth-order valence-electron chi connectivity index (χ4n) is 2.73. The van der Waals surface area contributed by atoms with Crippen LogP contribution in [0.1, 0.15) is 33.5 Å². The van der Waals surface area contributed by atoms with Crippen molar-refractivity contribution in [3.05, 3.63) is 70.8 Å². The van der Waals surface area contributed by atoms with Crippen molar-refractivity contribution >= 4 is 20.6 Å². The maximum Gasteiger partial charge on any atom is 0.282 e. The van der Waals surface area contributed by atoms with Gasteiger partial charge >= 0.3 is 0 Å². The molecule has 1 atom stereocenters. The van der Waals surface area contributed by atoms with E-state index in [1.807, 2.05) is 52.0 Å². The summed E-state index contributed by atoms with van der Waals surface area (Å²) >= 11 is 0. The average molecular weight is 369 g/mol. The fourth-order valence-corrected chi connectivity index (χ4v) is 4.70. The molecule has 0 aliphatic heterocycles. The molecule has 0 amide bonds. The van der Waals surface area contributed by atoms with Crippen molar-refractivity contribution in [2.75, 3.05) is 0 Å². The molecule has 0 spiro atoms. The van der Waals surface area contributed by atoms with Crippen LogP contribution in [0.25, 0.3) is 10.9 Å². The molecular weight excluding hydrogens is 346 g/mol. The minimum Gasteiger partial charge on any atom is -0.267 e. The predicted molar refractivity (Wildman–Crippen MR) is 106 cm³/mol. The predicted octanol–water partition coefficient (Wildman–Crippen LogP) is 4.05. The van der Waals surface area contributed by atoms with Gasteiger partial charge in [0.1, 0.15) is 15.6 Å². The highest BCUT2D eigenvalue weighted by molar-refractivity contribution is 7.95. The molecule has 0 saturated carbocycles. The zero-order valence-electron chi connectivity index (χ0n) is 15.5. The molecule has 6 heteroatoms. The summed E-state index contributed by atoms with van der Waals surface area (Å²) in [6.07, 6.45) is 0.512. The molecule has 5 nitrogen and oxygen atoms in total. The molecule has 136 valence electrons. The van der Waals surface area contributed by atoms with Gasteiger partial charge in [0.15, 0.2) is 0 Å². The third-order valence-electron chi connectivity index (χ3n) is 4.23. The number of nitrogens with zero attached hydrogens (tertiary/aromatic N) is 3. The van der Waals surface area contributed by atoms with Gasteiger partial charge in [0.25, 0.3) is 5.56 Å². The van der Waals surface area contributed by atoms with E-state index in [4.69, 9.17) is 0 Å². The first-order chi connectivity index (χ1) is 12.3. The van der Waals surface area contributed by atoms with E-state index in [1.165, 1.54) is 4.68 Å². The second-order valence-electron chi connectivity index (χ2n) is 7.05. The second-order valence-corrected chi connectivity index (χ2v) is 9.96. The average Bonchev–Trinajstić information content (AvgIpc) is 2.63. The van der Waals surface area contributed by atoms with Crippen molar-refractivity contribution in [2.24, 2.45) is 4.47 Å². The molecule has 0 N–H and O–H groups in total. The van der Waals surface area contributed by atoms with Gasteiger partial charge in [-0.3, -0.25) is 4.79 Å². The van der Waals surface area contributed by atoms with Crippen LogP contribution >= 0.6 is 0 Å². The Kier molecular flexibility index (Phi) is 4.71. The lowest BCUT2D eigenvalue weighted by Gasteiger charge is -2.25. The van der Waals surface area contributed by atoms with Gasteiger partial charge < -0.3 is 0 Å². The van der Waals surface area contributed by atoms with Crippen molar-refractivity contribution in [3.63, 3.8) is 0 Å². The SMILES string of the molecule is CCc1nc2ccccc2c(=O)n1N=S(=O)(c1ccccc1)C(C)(C)C. The molecule has 3 aromatic rings. The number of aromatic nitrogens is 2. The molecule has 0 bridgehead atoms. The molecule has 1 unspecified atom stereocenters. The number of aryl methyl sites for hydroxylation is 1. The Hall–Kier alpha value is -2.47.